The van der Waals surface area contributed by atoms with Crippen LogP contribution in [0.25, 0.3) is 0 Å². The largest absolute Gasteiger partial charge is 0.469 e. The first-order valence-electron chi connectivity index (χ1n) is 17.1. The normalized spacial score (nSPS) is 46.0. The second-order valence-corrected chi connectivity index (χ2v) is 14.2. The Balaban J connectivity index is 1.34. The molecule has 4 rings (SSSR count). The molecular formula is C30H52O23S. The van der Waals surface area contributed by atoms with Crippen molar-refractivity contribution in [3.05, 3.63) is 0 Å². The summed E-state index contributed by atoms with van der Waals surface area (Å²) in [5, 5.41) is 135. The number of hydrogen-bond acceptors (Lipinski definition) is 24. The van der Waals surface area contributed by atoms with Crippen LogP contribution < -0.4 is 0 Å². The van der Waals surface area contributed by atoms with E-state index in [1.165, 1.54) is 18.9 Å². The number of carbonyl (C=O) groups is 1. The SMILES string of the molecule is COC(=O)CCSCCOC1OC(CO)C(OC2OC(CO)C(OC3OC(COC4OC(CO)C(O)C(O)C4O)C(O)C(O)C3O)C(O)C2O)C(O)C1O. The Kier molecular flexibility index (Phi) is 17.9. The van der Waals surface area contributed by atoms with Crippen LogP contribution in [-0.2, 0) is 47.4 Å². The Morgan fingerprint density at radius 3 is 1.48 bits per heavy atom. The third kappa shape index (κ3) is 10.7. The first-order chi connectivity index (χ1) is 25.7. The Morgan fingerprint density at radius 1 is 0.519 bits per heavy atom. The molecule has 54 heavy (non-hydrogen) atoms. The number of methoxy groups -OCH3 is 1. The summed E-state index contributed by atoms with van der Waals surface area (Å²) in [6.07, 6.45) is -34.2. The van der Waals surface area contributed by atoms with Crippen LogP contribution in [0.4, 0.5) is 0 Å². The van der Waals surface area contributed by atoms with Crippen molar-refractivity contribution in [2.45, 2.75) is 129 Å². The van der Waals surface area contributed by atoms with Gasteiger partial charge in [-0.3, -0.25) is 4.79 Å². The third-order valence-corrected chi connectivity index (χ3v) is 10.3. The van der Waals surface area contributed by atoms with Gasteiger partial charge >= 0.3 is 5.97 Å². The van der Waals surface area contributed by atoms with Gasteiger partial charge in [-0.05, 0) is 0 Å². The van der Waals surface area contributed by atoms with Gasteiger partial charge < -0.3 is 109 Å². The molecule has 23 nitrogen and oxygen atoms in total. The van der Waals surface area contributed by atoms with Crippen molar-refractivity contribution in [3.63, 3.8) is 0 Å². The lowest BCUT2D eigenvalue weighted by molar-refractivity contribution is -0.381. The molecule has 24 heteroatoms. The second-order valence-electron chi connectivity index (χ2n) is 13.0. The number of ether oxygens (including phenoxy) is 9. The Hall–Kier alpha value is -1.02. The van der Waals surface area contributed by atoms with E-state index in [1.807, 2.05) is 0 Å². The molecule has 4 aliphatic heterocycles. The summed E-state index contributed by atoms with van der Waals surface area (Å²) in [6, 6.07) is 0. The number of hydrogen-bond donors (Lipinski definition) is 13. The minimum atomic E-state index is -2.01. The highest BCUT2D eigenvalue weighted by Crippen LogP contribution is 2.33. The Bertz CT molecular complexity index is 1120. The van der Waals surface area contributed by atoms with Crippen LogP contribution in [0.3, 0.4) is 0 Å². The summed E-state index contributed by atoms with van der Waals surface area (Å²) in [6.45, 7) is -3.09. The Morgan fingerprint density at radius 2 is 0.944 bits per heavy atom. The summed E-state index contributed by atoms with van der Waals surface area (Å²) in [4.78, 5) is 11.2. The quantitative estimate of drug-likeness (QED) is 0.0479. The van der Waals surface area contributed by atoms with Gasteiger partial charge in [-0.2, -0.15) is 11.8 Å². The zero-order valence-electron chi connectivity index (χ0n) is 29.0. The van der Waals surface area contributed by atoms with Crippen molar-refractivity contribution in [1.82, 2.24) is 0 Å². The number of aliphatic hydroxyl groups is 13. The molecule has 13 N–H and O–H groups in total. The monoisotopic (exact) mass is 812 g/mol. The lowest BCUT2D eigenvalue weighted by Crippen LogP contribution is -2.66. The van der Waals surface area contributed by atoms with Crippen molar-refractivity contribution < 1.29 is 114 Å². The van der Waals surface area contributed by atoms with E-state index in [0.29, 0.717) is 11.5 Å². The molecule has 0 spiro atoms. The van der Waals surface area contributed by atoms with E-state index in [-0.39, 0.29) is 19.0 Å². The van der Waals surface area contributed by atoms with E-state index in [2.05, 4.69) is 4.74 Å². The Labute approximate surface area is 312 Å². The van der Waals surface area contributed by atoms with E-state index >= 15 is 0 Å². The van der Waals surface area contributed by atoms with Crippen molar-refractivity contribution in [3.8, 4) is 0 Å². The molecule has 0 bridgehead atoms. The maximum absolute atomic E-state index is 11.2. The van der Waals surface area contributed by atoms with Gasteiger partial charge in [-0.15, -0.1) is 0 Å². The van der Waals surface area contributed by atoms with Crippen molar-refractivity contribution in [2.75, 3.05) is 51.6 Å². The lowest BCUT2D eigenvalue weighted by Gasteiger charge is -2.48. The molecule has 0 aliphatic carbocycles. The average Bonchev–Trinajstić information content (AvgIpc) is 3.17. The lowest BCUT2D eigenvalue weighted by atomic mass is 9.96. The molecular weight excluding hydrogens is 760 g/mol. The molecule has 0 aromatic heterocycles. The summed E-state index contributed by atoms with van der Waals surface area (Å²) < 4.78 is 48.7. The molecule has 20 atom stereocenters. The molecule has 4 fully saturated rings. The fourth-order valence-electron chi connectivity index (χ4n) is 6.15. The number of rotatable bonds is 17. The minimum Gasteiger partial charge on any atom is -0.469 e. The fourth-order valence-corrected chi connectivity index (χ4v) is 6.87. The van der Waals surface area contributed by atoms with Crippen LogP contribution >= 0.6 is 11.8 Å². The molecule has 4 heterocycles. The first-order valence-corrected chi connectivity index (χ1v) is 18.3. The van der Waals surface area contributed by atoms with Crippen molar-refractivity contribution >= 4 is 17.7 Å². The van der Waals surface area contributed by atoms with Crippen LogP contribution in [0.2, 0.25) is 0 Å². The van der Waals surface area contributed by atoms with E-state index in [0.717, 1.165) is 0 Å². The van der Waals surface area contributed by atoms with Gasteiger partial charge in [-0.25, -0.2) is 0 Å². The molecule has 0 saturated carbocycles. The standard InChI is InChI=1S/C30H52O23S/c1-45-14(34)2-4-54-5-3-46-27-23(43)19(39)25(11(7-32)49-27)53-30-24(44)20(40)26(12(8-33)50-30)52-29-22(42)18(38)16(36)13(51-29)9-47-28-21(41)17(37)15(35)10(6-31)48-28/h10-13,15-33,35-44H,2-9H2,1H3. The predicted octanol–water partition coefficient (Wildman–Crippen LogP) is -8.43. The van der Waals surface area contributed by atoms with Gasteiger partial charge in [0.1, 0.15) is 97.7 Å². The molecule has 0 radical (unpaired) electrons. The van der Waals surface area contributed by atoms with E-state index < -0.39 is 149 Å². The predicted molar refractivity (Wildman–Crippen MR) is 172 cm³/mol. The number of carbonyl (C=O) groups excluding carboxylic acids is 1. The van der Waals surface area contributed by atoms with Crippen LogP contribution in [-0.4, -0.2) is 247 Å². The molecule has 0 aromatic carbocycles. The van der Waals surface area contributed by atoms with Crippen LogP contribution in [0.1, 0.15) is 6.42 Å². The van der Waals surface area contributed by atoms with Gasteiger partial charge in [0, 0.05) is 11.5 Å². The van der Waals surface area contributed by atoms with Crippen molar-refractivity contribution in [2.24, 2.45) is 0 Å². The van der Waals surface area contributed by atoms with Gasteiger partial charge in [0.25, 0.3) is 0 Å². The fraction of sp³-hybridized carbons (Fsp3) is 0.967. The third-order valence-electron chi connectivity index (χ3n) is 9.35. The smallest absolute Gasteiger partial charge is 0.306 e. The molecule has 4 saturated heterocycles. The van der Waals surface area contributed by atoms with Crippen LogP contribution in [0, 0.1) is 0 Å². The highest BCUT2D eigenvalue weighted by Gasteiger charge is 2.54. The van der Waals surface area contributed by atoms with Gasteiger partial charge in [0.2, 0.25) is 0 Å². The molecule has 316 valence electrons. The van der Waals surface area contributed by atoms with E-state index in [9.17, 15) is 71.2 Å². The highest BCUT2D eigenvalue weighted by atomic mass is 32.2. The summed E-state index contributed by atoms with van der Waals surface area (Å²) in [5.74, 6) is 0.449. The zero-order valence-corrected chi connectivity index (χ0v) is 29.8. The molecule has 0 amide bonds. The van der Waals surface area contributed by atoms with E-state index in [4.69, 9.17) is 37.9 Å². The maximum atomic E-state index is 11.2. The minimum absolute atomic E-state index is 0.0294. The number of esters is 1. The molecule has 4 aliphatic rings. The van der Waals surface area contributed by atoms with Crippen LogP contribution in [0.15, 0.2) is 0 Å². The molecule has 0 aromatic rings. The summed E-state index contributed by atoms with van der Waals surface area (Å²) in [5.41, 5.74) is 0. The summed E-state index contributed by atoms with van der Waals surface area (Å²) in [7, 11) is 1.27. The second kappa shape index (κ2) is 21.1. The van der Waals surface area contributed by atoms with Crippen LogP contribution in [0.5, 0.6) is 0 Å². The van der Waals surface area contributed by atoms with E-state index in [1.54, 1.807) is 0 Å². The average molecular weight is 813 g/mol. The van der Waals surface area contributed by atoms with Crippen molar-refractivity contribution in [1.29, 1.82) is 0 Å². The maximum Gasteiger partial charge on any atom is 0.306 e. The molecule has 20 unspecified atom stereocenters. The van der Waals surface area contributed by atoms with Gasteiger partial charge in [0.05, 0.1) is 46.6 Å². The summed E-state index contributed by atoms with van der Waals surface area (Å²) >= 11 is 1.36. The van der Waals surface area contributed by atoms with Gasteiger partial charge in [-0.1, -0.05) is 0 Å². The number of aliphatic hydroxyl groups excluding tert-OH is 13. The van der Waals surface area contributed by atoms with Gasteiger partial charge in [0.15, 0.2) is 25.2 Å². The zero-order chi connectivity index (χ0) is 39.9. The highest BCUT2D eigenvalue weighted by molar-refractivity contribution is 7.99. The topological polar surface area (TPSA) is 363 Å². The first kappa shape index (κ1) is 45.7. The number of thioether (sulfide) groups is 1.